The normalized spacial score (nSPS) is 26.0. The van der Waals surface area contributed by atoms with E-state index in [0.29, 0.717) is 48.3 Å². The van der Waals surface area contributed by atoms with E-state index < -0.39 is 18.2 Å². The monoisotopic (exact) mass is 357 g/mol. The molecule has 2 aliphatic heterocycles. The van der Waals surface area contributed by atoms with Gasteiger partial charge >= 0.3 is 0 Å². The van der Waals surface area contributed by atoms with Crippen LogP contribution in [0.15, 0.2) is 12.1 Å². The van der Waals surface area contributed by atoms with Crippen molar-refractivity contribution in [1.82, 2.24) is 5.32 Å². The molecule has 3 N–H and O–H groups in total. The summed E-state index contributed by atoms with van der Waals surface area (Å²) in [4.78, 5) is 12.3. The van der Waals surface area contributed by atoms with Gasteiger partial charge < -0.3 is 29.7 Å². The third-order valence-corrected chi connectivity index (χ3v) is 4.49. The van der Waals surface area contributed by atoms with Gasteiger partial charge in [0, 0.05) is 17.7 Å². The zero-order valence-electron chi connectivity index (χ0n) is 13.0. The summed E-state index contributed by atoms with van der Waals surface area (Å²) >= 11 is 6.20. The van der Waals surface area contributed by atoms with Crippen LogP contribution in [0.5, 0.6) is 11.5 Å². The van der Waals surface area contributed by atoms with Gasteiger partial charge in [0.05, 0.1) is 19.1 Å². The second kappa shape index (κ2) is 7.57. The van der Waals surface area contributed by atoms with Crippen LogP contribution in [0.3, 0.4) is 0 Å². The molecule has 3 rings (SSSR count). The van der Waals surface area contributed by atoms with Crippen molar-refractivity contribution in [2.45, 2.75) is 31.1 Å². The molecule has 0 unspecified atom stereocenters. The lowest BCUT2D eigenvalue weighted by Gasteiger charge is -2.34. The van der Waals surface area contributed by atoms with Crippen molar-refractivity contribution in [1.29, 1.82) is 0 Å². The van der Waals surface area contributed by atoms with Crippen LogP contribution in [0.25, 0.3) is 0 Å². The SMILES string of the molecule is O=C(Cc1cc2c(cc1Cl)OCCO2)N[C@H]1CCO[C@H](CO)[C@H]1O. The zero-order valence-corrected chi connectivity index (χ0v) is 13.8. The molecule has 7 nitrogen and oxygen atoms in total. The van der Waals surface area contributed by atoms with Gasteiger partial charge in [-0.1, -0.05) is 11.6 Å². The molecule has 0 aliphatic carbocycles. The number of hydrogen-bond donors (Lipinski definition) is 3. The number of hydrogen-bond acceptors (Lipinski definition) is 6. The van der Waals surface area contributed by atoms with Crippen molar-refractivity contribution in [2.75, 3.05) is 26.4 Å². The van der Waals surface area contributed by atoms with Crippen LogP contribution in [-0.2, 0) is 16.0 Å². The predicted molar refractivity (Wildman–Crippen MR) is 85.5 cm³/mol. The minimum absolute atomic E-state index is 0.0589. The number of rotatable bonds is 4. The first-order chi connectivity index (χ1) is 11.6. The second-order valence-corrected chi connectivity index (χ2v) is 6.22. The number of halogens is 1. The highest BCUT2D eigenvalue weighted by atomic mass is 35.5. The number of benzene rings is 1. The molecule has 132 valence electrons. The molecule has 0 saturated carbocycles. The molecule has 24 heavy (non-hydrogen) atoms. The van der Waals surface area contributed by atoms with Crippen molar-refractivity contribution in [3.63, 3.8) is 0 Å². The van der Waals surface area contributed by atoms with E-state index in [-0.39, 0.29) is 18.9 Å². The van der Waals surface area contributed by atoms with Crippen LogP contribution in [0, 0.1) is 0 Å². The number of carbonyl (C=O) groups is 1. The molecule has 1 amide bonds. The molecule has 1 saturated heterocycles. The molecule has 8 heteroatoms. The Morgan fingerprint density at radius 2 is 1.96 bits per heavy atom. The van der Waals surface area contributed by atoms with E-state index in [0.717, 1.165) is 0 Å². The smallest absolute Gasteiger partial charge is 0.224 e. The topological polar surface area (TPSA) is 97.3 Å². The van der Waals surface area contributed by atoms with Gasteiger partial charge in [0.25, 0.3) is 0 Å². The largest absolute Gasteiger partial charge is 0.486 e. The number of nitrogens with one attached hydrogen (secondary N) is 1. The molecule has 0 aromatic heterocycles. The maximum absolute atomic E-state index is 12.3. The lowest BCUT2D eigenvalue weighted by molar-refractivity contribution is -0.131. The van der Waals surface area contributed by atoms with E-state index in [1.165, 1.54) is 0 Å². The van der Waals surface area contributed by atoms with Crippen LogP contribution in [-0.4, -0.2) is 60.8 Å². The first kappa shape index (κ1) is 17.3. The molecule has 1 aromatic carbocycles. The third-order valence-electron chi connectivity index (χ3n) is 4.14. The molecule has 1 aromatic rings. The van der Waals surface area contributed by atoms with Gasteiger partial charge in [-0.05, 0) is 18.1 Å². The summed E-state index contributed by atoms with van der Waals surface area (Å²) in [6.07, 6.45) is -1.08. The van der Waals surface area contributed by atoms with Crippen LogP contribution in [0.2, 0.25) is 5.02 Å². The lowest BCUT2D eigenvalue weighted by atomic mass is 9.99. The highest BCUT2D eigenvalue weighted by molar-refractivity contribution is 6.31. The summed E-state index contributed by atoms with van der Waals surface area (Å²) in [5.41, 5.74) is 0.624. The highest BCUT2D eigenvalue weighted by Gasteiger charge is 2.33. The molecule has 2 aliphatic rings. The molecule has 1 fully saturated rings. The number of ether oxygens (including phenoxy) is 3. The Balaban J connectivity index is 1.64. The summed E-state index contributed by atoms with van der Waals surface area (Å²) in [6.45, 7) is 1.01. The maximum Gasteiger partial charge on any atom is 0.224 e. The zero-order chi connectivity index (χ0) is 17.1. The average Bonchev–Trinajstić information content (AvgIpc) is 2.57. The Bertz CT molecular complexity index is 610. The molecule has 0 radical (unpaired) electrons. The number of amides is 1. The van der Waals surface area contributed by atoms with Crippen molar-refractivity contribution >= 4 is 17.5 Å². The van der Waals surface area contributed by atoms with Gasteiger partial charge in [0.1, 0.15) is 25.4 Å². The van der Waals surface area contributed by atoms with Crippen LogP contribution < -0.4 is 14.8 Å². The fraction of sp³-hybridized carbons (Fsp3) is 0.562. The number of carbonyl (C=O) groups excluding carboxylic acids is 1. The Labute approximate surface area is 144 Å². The van der Waals surface area contributed by atoms with Crippen molar-refractivity contribution < 1.29 is 29.2 Å². The standard InChI is InChI=1S/C16H20ClNO6/c17-10-7-13-12(23-3-4-24-13)5-9(10)6-15(20)18-11-1-2-22-14(8-19)16(11)21/h5,7,11,14,16,19,21H,1-4,6,8H2,(H,18,20)/t11-,14+,16-/m0/s1. The third kappa shape index (κ3) is 3.75. The molecule has 3 atom stereocenters. The van der Waals surface area contributed by atoms with E-state index in [1.54, 1.807) is 12.1 Å². The number of aliphatic hydroxyl groups is 2. The van der Waals surface area contributed by atoms with E-state index in [2.05, 4.69) is 5.32 Å². The summed E-state index contributed by atoms with van der Waals surface area (Å²) in [7, 11) is 0. The van der Waals surface area contributed by atoms with Gasteiger partial charge in [-0.2, -0.15) is 0 Å². The lowest BCUT2D eigenvalue weighted by Crippen LogP contribution is -2.54. The van der Waals surface area contributed by atoms with Crippen molar-refractivity contribution in [3.05, 3.63) is 22.7 Å². The van der Waals surface area contributed by atoms with Crippen LogP contribution in [0.4, 0.5) is 0 Å². The van der Waals surface area contributed by atoms with E-state index >= 15 is 0 Å². The molecule has 2 heterocycles. The Kier molecular flexibility index (Phi) is 5.45. The Morgan fingerprint density at radius 1 is 1.25 bits per heavy atom. The summed E-state index contributed by atoms with van der Waals surface area (Å²) in [6, 6.07) is 2.89. The van der Waals surface area contributed by atoms with Gasteiger partial charge in [-0.3, -0.25) is 4.79 Å². The van der Waals surface area contributed by atoms with Crippen molar-refractivity contribution in [3.8, 4) is 11.5 Å². The highest BCUT2D eigenvalue weighted by Crippen LogP contribution is 2.35. The second-order valence-electron chi connectivity index (χ2n) is 5.81. The quantitative estimate of drug-likeness (QED) is 0.716. The fourth-order valence-electron chi connectivity index (χ4n) is 2.87. The minimum atomic E-state index is -0.941. The predicted octanol–water partition coefficient (Wildman–Crippen LogP) is 0.281. The van der Waals surface area contributed by atoms with E-state index in [4.69, 9.17) is 30.9 Å². The number of aliphatic hydroxyl groups excluding tert-OH is 2. The molecule has 0 spiro atoms. The van der Waals surface area contributed by atoms with E-state index in [9.17, 15) is 9.90 Å². The van der Waals surface area contributed by atoms with Gasteiger partial charge in [0.15, 0.2) is 11.5 Å². The Morgan fingerprint density at radius 3 is 2.67 bits per heavy atom. The van der Waals surface area contributed by atoms with Gasteiger partial charge in [-0.25, -0.2) is 0 Å². The summed E-state index contributed by atoms with van der Waals surface area (Å²) in [5, 5.41) is 22.5. The maximum atomic E-state index is 12.3. The van der Waals surface area contributed by atoms with Crippen LogP contribution in [0.1, 0.15) is 12.0 Å². The minimum Gasteiger partial charge on any atom is -0.486 e. The van der Waals surface area contributed by atoms with Gasteiger partial charge in [0.2, 0.25) is 5.91 Å². The average molecular weight is 358 g/mol. The number of fused-ring (bicyclic) bond motifs is 1. The van der Waals surface area contributed by atoms with E-state index in [1.807, 2.05) is 0 Å². The fourth-order valence-corrected chi connectivity index (χ4v) is 3.09. The van der Waals surface area contributed by atoms with Crippen molar-refractivity contribution in [2.24, 2.45) is 0 Å². The summed E-state index contributed by atoms with van der Waals surface area (Å²) < 4.78 is 16.2. The first-order valence-electron chi connectivity index (χ1n) is 7.86. The van der Waals surface area contributed by atoms with Crippen LogP contribution >= 0.6 is 11.6 Å². The molecule has 0 bridgehead atoms. The molecular formula is C16H20ClNO6. The summed E-state index contributed by atoms with van der Waals surface area (Å²) in [5.74, 6) is 0.872. The molecular weight excluding hydrogens is 338 g/mol. The first-order valence-corrected chi connectivity index (χ1v) is 8.24. The Hall–Kier alpha value is -1.54. The van der Waals surface area contributed by atoms with Gasteiger partial charge in [-0.15, -0.1) is 0 Å².